The Kier molecular flexibility index (Phi) is 4.53. The second-order valence-corrected chi connectivity index (χ2v) is 5.16. The van der Waals surface area contributed by atoms with Crippen molar-refractivity contribution in [2.75, 3.05) is 11.9 Å². The summed E-state index contributed by atoms with van der Waals surface area (Å²) >= 11 is 0. The van der Waals surface area contributed by atoms with E-state index >= 15 is 0 Å². The van der Waals surface area contributed by atoms with Gasteiger partial charge in [-0.3, -0.25) is 10.1 Å². The molecule has 0 aliphatic heterocycles. The van der Waals surface area contributed by atoms with Gasteiger partial charge in [-0.15, -0.1) is 0 Å². The monoisotopic (exact) mass is 275 g/mol. The molecule has 0 spiro atoms. The van der Waals surface area contributed by atoms with E-state index in [4.69, 9.17) is 5.26 Å². The summed E-state index contributed by atoms with van der Waals surface area (Å²) in [6.07, 6.45) is 3.25. The zero-order chi connectivity index (χ0) is 14.5. The van der Waals surface area contributed by atoms with Crippen LogP contribution in [0.25, 0.3) is 0 Å². The van der Waals surface area contributed by atoms with Gasteiger partial charge in [0.05, 0.1) is 22.7 Å². The van der Waals surface area contributed by atoms with Crippen LogP contribution in [0.5, 0.6) is 0 Å². The predicted molar refractivity (Wildman–Crippen MR) is 74.3 cm³/mol. The van der Waals surface area contributed by atoms with E-state index in [0.717, 1.165) is 25.7 Å². The Bertz CT molecular complexity index is 531. The number of hydrogen-bond acceptors (Lipinski definition) is 5. The normalized spacial score (nSPS) is 22.0. The van der Waals surface area contributed by atoms with Crippen LogP contribution in [-0.4, -0.2) is 22.7 Å². The minimum Gasteiger partial charge on any atom is -0.393 e. The minimum absolute atomic E-state index is 0.0695. The second-order valence-electron chi connectivity index (χ2n) is 5.16. The lowest BCUT2D eigenvalue weighted by molar-refractivity contribution is -0.384. The van der Waals surface area contributed by atoms with Crippen LogP contribution in [0.2, 0.25) is 0 Å². The summed E-state index contributed by atoms with van der Waals surface area (Å²) in [7, 11) is 0. The highest BCUT2D eigenvalue weighted by Crippen LogP contribution is 2.28. The number of benzene rings is 1. The first-order valence-electron chi connectivity index (χ1n) is 6.70. The van der Waals surface area contributed by atoms with Crippen LogP contribution in [0, 0.1) is 27.4 Å². The van der Waals surface area contributed by atoms with Crippen molar-refractivity contribution in [3.05, 3.63) is 33.9 Å². The van der Waals surface area contributed by atoms with Gasteiger partial charge in [-0.25, -0.2) is 0 Å². The predicted octanol–water partition coefficient (Wildman–Crippen LogP) is 2.43. The number of nitriles is 1. The first-order chi connectivity index (χ1) is 9.60. The molecule has 1 aromatic carbocycles. The molecular formula is C14H17N3O3. The van der Waals surface area contributed by atoms with Crippen LogP contribution in [0.4, 0.5) is 11.4 Å². The summed E-state index contributed by atoms with van der Waals surface area (Å²) in [6.45, 7) is 0.652. The zero-order valence-electron chi connectivity index (χ0n) is 11.1. The van der Waals surface area contributed by atoms with E-state index in [0.29, 0.717) is 18.2 Å². The molecule has 2 N–H and O–H groups in total. The Labute approximate surface area is 117 Å². The van der Waals surface area contributed by atoms with Gasteiger partial charge in [0.25, 0.3) is 5.69 Å². The van der Waals surface area contributed by atoms with Gasteiger partial charge in [0.1, 0.15) is 5.69 Å². The van der Waals surface area contributed by atoms with Crippen LogP contribution in [0.1, 0.15) is 31.2 Å². The summed E-state index contributed by atoms with van der Waals surface area (Å²) in [4.78, 5) is 10.5. The standard InChI is InChI=1S/C14H17N3O3/c15-8-11-3-6-13(14(7-11)17(19)20)16-9-10-1-4-12(18)5-2-10/h3,6-7,10,12,16,18H,1-2,4-5,9H2. The smallest absolute Gasteiger partial charge is 0.293 e. The lowest BCUT2D eigenvalue weighted by Crippen LogP contribution is -2.23. The largest absolute Gasteiger partial charge is 0.393 e. The van der Waals surface area contributed by atoms with Crippen molar-refractivity contribution in [1.82, 2.24) is 0 Å². The van der Waals surface area contributed by atoms with E-state index in [9.17, 15) is 15.2 Å². The number of hydrogen-bond donors (Lipinski definition) is 2. The summed E-state index contributed by atoms with van der Waals surface area (Å²) in [5, 5.41) is 32.3. The van der Waals surface area contributed by atoms with Gasteiger partial charge in [-0.1, -0.05) is 0 Å². The van der Waals surface area contributed by atoms with Crippen molar-refractivity contribution in [2.24, 2.45) is 5.92 Å². The summed E-state index contributed by atoms with van der Waals surface area (Å²) in [6, 6.07) is 6.33. The third-order valence-corrected chi connectivity index (χ3v) is 3.72. The third kappa shape index (κ3) is 3.45. The van der Waals surface area contributed by atoms with Gasteiger partial charge in [0, 0.05) is 12.6 Å². The van der Waals surface area contributed by atoms with Gasteiger partial charge in [-0.05, 0) is 43.7 Å². The molecule has 0 amide bonds. The molecule has 106 valence electrons. The maximum absolute atomic E-state index is 11.0. The SMILES string of the molecule is N#Cc1ccc(NCC2CCC(O)CC2)c([N+](=O)[O-])c1. The van der Waals surface area contributed by atoms with Gasteiger partial charge in [-0.2, -0.15) is 5.26 Å². The number of nitro benzene ring substituents is 1. The average molecular weight is 275 g/mol. The molecule has 6 nitrogen and oxygen atoms in total. The van der Waals surface area contributed by atoms with Crippen molar-refractivity contribution in [2.45, 2.75) is 31.8 Å². The maximum atomic E-state index is 11.0. The molecule has 6 heteroatoms. The van der Waals surface area contributed by atoms with Gasteiger partial charge in [0.15, 0.2) is 0 Å². The fourth-order valence-electron chi connectivity index (χ4n) is 2.51. The molecule has 0 aromatic heterocycles. The number of rotatable bonds is 4. The second kappa shape index (κ2) is 6.35. The van der Waals surface area contributed by atoms with E-state index in [2.05, 4.69) is 5.32 Å². The zero-order valence-corrected chi connectivity index (χ0v) is 11.1. The molecule has 0 saturated heterocycles. The summed E-state index contributed by atoms with van der Waals surface area (Å²) in [5.74, 6) is 0.425. The molecule has 0 unspecified atom stereocenters. The number of aliphatic hydroxyl groups is 1. The van der Waals surface area contributed by atoms with Crippen molar-refractivity contribution < 1.29 is 10.0 Å². The molecule has 1 aliphatic carbocycles. The van der Waals surface area contributed by atoms with Crippen LogP contribution >= 0.6 is 0 Å². The van der Waals surface area contributed by atoms with Crippen molar-refractivity contribution >= 4 is 11.4 Å². The van der Waals surface area contributed by atoms with Crippen molar-refractivity contribution in [3.8, 4) is 6.07 Å². The lowest BCUT2D eigenvalue weighted by Gasteiger charge is -2.25. The lowest BCUT2D eigenvalue weighted by atomic mass is 9.87. The highest BCUT2D eigenvalue weighted by molar-refractivity contribution is 5.64. The fourth-order valence-corrected chi connectivity index (χ4v) is 2.51. The molecule has 0 heterocycles. The molecule has 1 aliphatic rings. The van der Waals surface area contributed by atoms with E-state index in [1.807, 2.05) is 6.07 Å². The van der Waals surface area contributed by atoms with Crippen molar-refractivity contribution in [1.29, 1.82) is 5.26 Å². The molecular weight excluding hydrogens is 258 g/mol. The summed E-state index contributed by atoms with van der Waals surface area (Å²) < 4.78 is 0. The van der Waals surface area contributed by atoms with Gasteiger partial charge >= 0.3 is 0 Å². The highest BCUT2D eigenvalue weighted by atomic mass is 16.6. The average Bonchev–Trinajstić information content (AvgIpc) is 2.46. The Hall–Kier alpha value is -2.13. The van der Waals surface area contributed by atoms with Crippen LogP contribution in [0.15, 0.2) is 18.2 Å². The quantitative estimate of drug-likeness (QED) is 0.649. The number of nitro groups is 1. The Morgan fingerprint density at radius 1 is 1.40 bits per heavy atom. The molecule has 1 fully saturated rings. The van der Waals surface area contributed by atoms with Gasteiger partial charge < -0.3 is 10.4 Å². The van der Waals surface area contributed by atoms with E-state index in [1.54, 1.807) is 12.1 Å². The van der Waals surface area contributed by atoms with Crippen LogP contribution < -0.4 is 5.32 Å². The molecule has 0 atom stereocenters. The van der Waals surface area contributed by atoms with E-state index < -0.39 is 4.92 Å². The van der Waals surface area contributed by atoms with Gasteiger partial charge in [0.2, 0.25) is 0 Å². The maximum Gasteiger partial charge on any atom is 0.293 e. The Balaban J connectivity index is 2.02. The highest BCUT2D eigenvalue weighted by Gasteiger charge is 2.20. The molecule has 1 aromatic rings. The molecule has 20 heavy (non-hydrogen) atoms. The van der Waals surface area contributed by atoms with Crippen LogP contribution in [-0.2, 0) is 0 Å². The first kappa shape index (κ1) is 14.3. The first-order valence-corrected chi connectivity index (χ1v) is 6.70. The number of nitrogens with zero attached hydrogens (tertiary/aromatic N) is 2. The number of aliphatic hydroxyl groups excluding tert-OH is 1. The topological polar surface area (TPSA) is 99.2 Å². The van der Waals surface area contributed by atoms with E-state index in [1.165, 1.54) is 6.07 Å². The summed E-state index contributed by atoms with van der Waals surface area (Å²) in [5.41, 5.74) is 0.656. The number of nitrogens with one attached hydrogen (secondary N) is 1. The fraction of sp³-hybridized carbons (Fsp3) is 0.500. The Morgan fingerprint density at radius 2 is 2.10 bits per heavy atom. The van der Waals surface area contributed by atoms with Crippen LogP contribution in [0.3, 0.4) is 0 Å². The van der Waals surface area contributed by atoms with Crippen molar-refractivity contribution in [3.63, 3.8) is 0 Å². The van der Waals surface area contributed by atoms with E-state index in [-0.39, 0.29) is 17.4 Å². The third-order valence-electron chi connectivity index (χ3n) is 3.72. The molecule has 0 bridgehead atoms. The number of anilines is 1. The molecule has 0 radical (unpaired) electrons. The molecule has 1 saturated carbocycles. The minimum atomic E-state index is -0.478. The Morgan fingerprint density at radius 3 is 2.70 bits per heavy atom. The molecule has 2 rings (SSSR count).